The van der Waals surface area contributed by atoms with Gasteiger partial charge in [0.2, 0.25) is 5.91 Å². The first-order valence-electron chi connectivity index (χ1n) is 13.7. The number of rotatable bonds is 6. The van der Waals surface area contributed by atoms with Gasteiger partial charge >= 0.3 is 0 Å². The number of nitrogens with zero attached hydrogens (tertiary/aromatic N) is 3. The molecule has 0 radical (unpaired) electrons. The van der Waals surface area contributed by atoms with Crippen LogP contribution in [0.1, 0.15) is 67.6 Å². The Labute approximate surface area is 213 Å². The third kappa shape index (κ3) is 4.57. The Morgan fingerprint density at radius 2 is 1.92 bits per heavy atom. The van der Waals surface area contributed by atoms with Crippen LogP contribution in [0.2, 0.25) is 0 Å². The minimum absolute atomic E-state index is 0.0600. The van der Waals surface area contributed by atoms with Crippen LogP contribution in [0, 0.1) is 18.8 Å². The summed E-state index contributed by atoms with van der Waals surface area (Å²) in [4.78, 5) is 19.6. The van der Waals surface area contributed by atoms with Crippen LogP contribution in [-0.2, 0) is 17.6 Å². The quantitative estimate of drug-likeness (QED) is 0.523. The highest BCUT2D eigenvalue weighted by Gasteiger charge is 2.34. The van der Waals surface area contributed by atoms with Gasteiger partial charge in [0, 0.05) is 37.2 Å². The largest absolute Gasteiger partial charge is 0.390 e. The summed E-state index contributed by atoms with van der Waals surface area (Å²) in [5.74, 6) is 2.33. The Kier molecular flexibility index (Phi) is 6.12. The third-order valence-corrected chi connectivity index (χ3v) is 8.31. The second kappa shape index (κ2) is 9.31. The molecule has 0 spiro atoms. The van der Waals surface area contributed by atoms with E-state index in [0.717, 1.165) is 67.7 Å². The van der Waals surface area contributed by atoms with Crippen molar-refractivity contribution in [3.8, 4) is 0 Å². The van der Waals surface area contributed by atoms with Gasteiger partial charge in [-0.2, -0.15) is 0 Å². The number of hydrogen-bond donors (Lipinski definition) is 2. The van der Waals surface area contributed by atoms with E-state index in [0.29, 0.717) is 18.4 Å². The molecule has 2 aliphatic carbocycles. The minimum atomic E-state index is -0.414. The second-order valence-corrected chi connectivity index (χ2v) is 11.7. The van der Waals surface area contributed by atoms with Crippen LogP contribution < -0.4 is 5.32 Å². The van der Waals surface area contributed by atoms with Crippen LogP contribution in [-0.4, -0.2) is 51.2 Å². The van der Waals surface area contributed by atoms with E-state index in [9.17, 15) is 9.90 Å². The van der Waals surface area contributed by atoms with Crippen molar-refractivity contribution in [2.24, 2.45) is 11.8 Å². The van der Waals surface area contributed by atoms with Gasteiger partial charge in [0.05, 0.1) is 23.2 Å². The highest BCUT2D eigenvalue weighted by Crippen LogP contribution is 2.35. The van der Waals surface area contributed by atoms with Crippen LogP contribution in [0.5, 0.6) is 0 Å². The van der Waals surface area contributed by atoms with Crippen molar-refractivity contribution in [2.75, 3.05) is 25.0 Å². The third-order valence-electron chi connectivity index (χ3n) is 8.31. The summed E-state index contributed by atoms with van der Waals surface area (Å²) < 4.78 is 2.32. The first-order chi connectivity index (χ1) is 17.4. The predicted molar refractivity (Wildman–Crippen MR) is 143 cm³/mol. The number of anilines is 1. The van der Waals surface area contributed by atoms with Gasteiger partial charge < -0.3 is 19.9 Å². The Morgan fingerprint density at radius 1 is 1.11 bits per heavy atom. The van der Waals surface area contributed by atoms with Crippen molar-refractivity contribution in [2.45, 2.75) is 70.9 Å². The van der Waals surface area contributed by atoms with Gasteiger partial charge in [-0.3, -0.25) is 4.79 Å². The molecule has 6 heteroatoms. The molecule has 0 bridgehead atoms. The van der Waals surface area contributed by atoms with E-state index in [1.807, 2.05) is 0 Å². The fourth-order valence-corrected chi connectivity index (χ4v) is 6.31. The number of piperidine rings is 1. The molecule has 1 saturated heterocycles. The number of aryl methyl sites for hydroxylation is 1. The van der Waals surface area contributed by atoms with E-state index in [4.69, 9.17) is 4.98 Å². The van der Waals surface area contributed by atoms with Crippen LogP contribution in [0.25, 0.3) is 11.0 Å². The van der Waals surface area contributed by atoms with Gasteiger partial charge in [-0.05, 0) is 85.9 Å². The molecule has 3 atom stereocenters. The number of hydrogen-bond acceptors (Lipinski definition) is 4. The lowest BCUT2D eigenvalue weighted by atomic mass is 9.98. The number of carbonyl (C=O) groups excluding carboxylic acids is 1. The second-order valence-electron chi connectivity index (χ2n) is 11.7. The molecule has 36 heavy (non-hydrogen) atoms. The number of likely N-dealkylation sites (tertiary alicyclic amines) is 1. The average Bonchev–Trinajstić information content (AvgIpc) is 3.52. The summed E-state index contributed by atoms with van der Waals surface area (Å²) >= 11 is 0. The Hall–Kier alpha value is -2.70. The lowest BCUT2D eigenvalue weighted by Crippen LogP contribution is -2.46. The van der Waals surface area contributed by atoms with Gasteiger partial charge in [0.25, 0.3) is 0 Å². The van der Waals surface area contributed by atoms with Gasteiger partial charge in [-0.15, -0.1) is 0 Å². The van der Waals surface area contributed by atoms with E-state index < -0.39 is 6.10 Å². The van der Waals surface area contributed by atoms with Crippen molar-refractivity contribution in [1.29, 1.82) is 0 Å². The molecule has 2 N–H and O–H groups in total. The van der Waals surface area contributed by atoms with Crippen molar-refractivity contribution < 1.29 is 9.90 Å². The normalized spacial score (nSPS) is 24.4. The number of fused-ring (bicyclic) bond motifs is 2. The molecule has 6 nitrogen and oxygen atoms in total. The van der Waals surface area contributed by atoms with Crippen LogP contribution in [0.15, 0.2) is 36.4 Å². The zero-order valence-electron chi connectivity index (χ0n) is 21.7. The number of carbonyl (C=O) groups is 1. The molecule has 2 fully saturated rings. The summed E-state index contributed by atoms with van der Waals surface area (Å²) in [5.41, 5.74) is 7.09. The fraction of sp³-hybridized carbons (Fsp3) is 0.533. The molecule has 1 saturated carbocycles. The van der Waals surface area contributed by atoms with E-state index in [-0.39, 0.29) is 17.9 Å². The maximum absolute atomic E-state index is 12.1. The minimum Gasteiger partial charge on any atom is -0.390 e. The predicted octanol–water partition coefficient (Wildman–Crippen LogP) is 4.84. The molecule has 1 amide bonds. The number of aliphatic hydroxyl groups is 1. The average molecular weight is 487 g/mol. The SMILES string of the molecule is Cc1ccc2c(c1)nc(C(C)C)n2[C@@H]1CCN(C[C@@H]2Cc3ccc(NC(=O)C4CC4)cc3C2)C[C@H]1O. The van der Waals surface area contributed by atoms with E-state index >= 15 is 0 Å². The van der Waals surface area contributed by atoms with Crippen LogP contribution in [0.4, 0.5) is 5.69 Å². The Morgan fingerprint density at radius 3 is 2.67 bits per heavy atom. The molecule has 190 valence electrons. The monoisotopic (exact) mass is 486 g/mol. The van der Waals surface area contributed by atoms with E-state index in [2.05, 4.69) is 72.0 Å². The van der Waals surface area contributed by atoms with Gasteiger partial charge in [0.1, 0.15) is 5.82 Å². The van der Waals surface area contributed by atoms with Gasteiger partial charge in [0.15, 0.2) is 0 Å². The zero-order chi connectivity index (χ0) is 25.0. The first-order valence-corrected chi connectivity index (χ1v) is 13.7. The first kappa shape index (κ1) is 23.7. The summed E-state index contributed by atoms with van der Waals surface area (Å²) in [6, 6.07) is 12.9. The van der Waals surface area contributed by atoms with Crippen molar-refractivity contribution >= 4 is 22.6 Å². The number of aliphatic hydroxyl groups excluding tert-OH is 1. The van der Waals surface area contributed by atoms with Crippen LogP contribution in [0.3, 0.4) is 0 Å². The number of aromatic nitrogens is 2. The molecule has 2 aromatic carbocycles. The molecule has 6 rings (SSSR count). The van der Waals surface area contributed by atoms with Crippen molar-refractivity contribution in [1.82, 2.24) is 14.5 Å². The maximum atomic E-state index is 12.1. The Bertz CT molecular complexity index is 1290. The lowest BCUT2D eigenvalue weighted by Gasteiger charge is -2.38. The summed E-state index contributed by atoms with van der Waals surface area (Å²) in [6.07, 6.45) is 4.68. The number of amides is 1. The highest BCUT2D eigenvalue weighted by molar-refractivity contribution is 5.94. The standard InChI is InChI=1S/C30H38N4O2/c1-18(2)29-32-25-12-19(3)4-9-26(25)34(29)27-10-11-33(17-28(27)35)16-20-13-22-7-8-24(15-23(22)14-20)31-30(36)21-5-6-21/h4,7-9,12,15,18,20-21,27-28,35H,5-6,10-11,13-14,16-17H2,1-3H3,(H,31,36)/t20-,27-,28-/m1/s1. The number of nitrogens with one attached hydrogen (secondary N) is 1. The summed E-state index contributed by atoms with van der Waals surface area (Å²) in [5, 5.41) is 14.4. The molecule has 3 aliphatic rings. The number of β-amino-alcohol motifs (C(OH)–C–C–N with tert-alkyl or cyclic N) is 1. The summed E-state index contributed by atoms with van der Waals surface area (Å²) in [6.45, 7) is 9.17. The molecule has 1 aliphatic heterocycles. The smallest absolute Gasteiger partial charge is 0.227 e. The van der Waals surface area contributed by atoms with Crippen molar-refractivity contribution in [3.05, 3.63) is 58.9 Å². The molecular weight excluding hydrogens is 448 g/mol. The summed E-state index contributed by atoms with van der Waals surface area (Å²) in [7, 11) is 0. The number of benzene rings is 2. The van der Waals surface area contributed by atoms with Gasteiger partial charge in [-0.25, -0.2) is 4.98 Å². The molecule has 3 aromatic rings. The highest BCUT2D eigenvalue weighted by atomic mass is 16.3. The van der Waals surface area contributed by atoms with Crippen molar-refractivity contribution in [3.63, 3.8) is 0 Å². The molecule has 1 aromatic heterocycles. The maximum Gasteiger partial charge on any atom is 0.227 e. The molecule has 2 heterocycles. The van der Waals surface area contributed by atoms with E-state index in [1.165, 1.54) is 16.7 Å². The zero-order valence-corrected chi connectivity index (χ0v) is 21.7. The molecule has 0 unspecified atom stereocenters. The lowest BCUT2D eigenvalue weighted by molar-refractivity contribution is -0.117. The fourth-order valence-electron chi connectivity index (χ4n) is 6.31. The van der Waals surface area contributed by atoms with E-state index in [1.54, 1.807) is 0 Å². The molecular formula is C30H38N4O2. The van der Waals surface area contributed by atoms with Crippen LogP contribution >= 0.6 is 0 Å². The Balaban J connectivity index is 1.11. The van der Waals surface area contributed by atoms with Gasteiger partial charge in [-0.1, -0.05) is 26.0 Å². The number of imidazole rings is 1. The topological polar surface area (TPSA) is 70.4 Å².